The maximum absolute atomic E-state index is 11.9. The van der Waals surface area contributed by atoms with Crippen molar-refractivity contribution in [1.29, 1.82) is 0 Å². The third-order valence-electron chi connectivity index (χ3n) is 2.97. The van der Waals surface area contributed by atoms with Crippen molar-refractivity contribution in [3.8, 4) is 5.75 Å². The average Bonchev–Trinajstić information content (AvgIpc) is 2.49. The topological polar surface area (TPSA) is 67.8 Å². The minimum atomic E-state index is -0.480. The van der Waals surface area contributed by atoms with E-state index in [0.717, 1.165) is 18.5 Å². The Morgan fingerprint density at radius 1 is 1.33 bits per heavy atom. The predicted molar refractivity (Wildman–Crippen MR) is 81.4 cm³/mol. The fourth-order valence-corrected chi connectivity index (χ4v) is 1.92. The van der Waals surface area contributed by atoms with E-state index in [9.17, 15) is 4.79 Å². The standard InChI is InChI=1S/C16H25NO4/c1-3-10-17-14(16(19)20-4-2)12-21-15-8-6-5-7-13(15)9-11-18/h5-8,14,17-18H,3-4,9-12H2,1-2H3. The van der Waals surface area contributed by atoms with Crippen LogP contribution in [0.25, 0.3) is 0 Å². The lowest BCUT2D eigenvalue weighted by atomic mass is 10.1. The summed E-state index contributed by atoms with van der Waals surface area (Å²) in [6.45, 7) is 5.17. The molecule has 1 aromatic carbocycles. The van der Waals surface area contributed by atoms with Crippen LogP contribution in [0.2, 0.25) is 0 Å². The Kier molecular flexibility index (Phi) is 8.47. The van der Waals surface area contributed by atoms with Crippen molar-refractivity contribution in [3.63, 3.8) is 0 Å². The normalized spacial score (nSPS) is 12.0. The van der Waals surface area contributed by atoms with Crippen molar-refractivity contribution < 1.29 is 19.4 Å². The third-order valence-corrected chi connectivity index (χ3v) is 2.97. The summed E-state index contributed by atoms with van der Waals surface area (Å²) >= 11 is 0. The number of aliphatic hydroxyl groups is 1. The largest absolute Gasteiger partial charge is 0.491 e. The molecule has 2 N–H and O–H groups in total. The van der Waals surface area contributed by atoms with Gasteiger partial charge in [-0.2, -0.15) is 0 Å². The molecule has 1 unspecified atom stereocenters. The SMILES string of the molecule is CCCNC(COc1ccccc1CCO)C(=O)OCC. The van der Waals surface area contributed by atoms with Gasteiger partial charge >= 0.3 is 5.97 Å². The van der Waals surface area contributed by atoms with Gasteiger partial charge in [0.15, 0.2) is 0 Å². The monoisotopic (exact) mass is 295 g/mol. The van der Waals surface area contributed by atoms with E-state index in [4.69, 9.17) is 14.6 Å². The van der Waals surface area contributed by atoms with E-state index in [1.165, 1.54) is 0 Å². The Balaban J connectivity index is 2.65. The van der Waals surface area contributed by atoms with Crippen molar-refractivity contribution in [2.24, 2.45) is 0 Å². The first-order valence-electron chi connectivity index (χ1n) is 7.44. The Hall–Kier alpha value is -1.59. The number of carbonyl (C=O) groups is 1. The van der Waals surface area contributed by atoms with Gasteiger partial charge in [-0.15, -0.1) is 0 Å². The molecule has 0 aromatic heterocycles. The molecule has 0 aliphatic carbocycles. The van der Waals surface area contributed by atoms with Crippen molar-refractivity contribution in [1.82, 2.24) is 5.32 Å². The van der Waals surface area contributed by atoms with E-state index in [1.807, 2.05) is 31.2 Å². The molecule has 0 radical (unpaired) electrons. The number of benzene rings is 1. The Morgan fingerprint density at radius 3 is 2.76 bits per heavy atom. The molecule has 1 atom stereocenters. The molecule has 1 aromatic rings. The van der Waals surface area contributed by atoms with Crippen LogP contribution in [0.1, 0.15) is 25.8 Å². The first-order chi connectivity index (χ1) is 10.2. The molecule has 0 bridgehead atoms. The molecule has 1 rings (SSSR count). The summed E-state index contributed by atoms with van der Waals surface area (Å²) in [6, 6.07) is 7.04. The van der Waals surface area contributed by atoms with E-state index < -0.39 is 6.04 Å². The lowest BCUT2D eigenvalue weighted by molar-refractivity contribution is -0.146. The number of hydrogen-bond donors (Lipinski definition) is 2. The number of nitrogens with one attached hydrogen (secondary N) is 1. The zero-order chi connectivity index (χ0) is 15.5. The van der Waals surface area contributed by atoms with Crippen LogP contribution in [0, 0.1) is 0 Å². The smallest absolute Gasteiger partial charge is 0.326 e. The number of carbonyl (C=O) groups excluding carboxylic acids is 1. The van der Waals surface area contributed by atoms with Gasteiger partial charge in [-0.25, -0.2) is 0 Å². The van der Waals surface area contributed by atoms with Gasteiger partial charge in [-0.1, -0.05) is 25.1 Å². The van der Waals surface area contributed by atoms with E-state index >= 15 is 0 Å². The second-order valence-corrected chi connectivity index (χ2v) is 4.65. The second kappa shape index (κ2) is 10.2. The summed E-state index contributed by atoms with van der Waals surface area (Å²) in [5, 5.41) is 12.2. The van der Waals surface area contributed by atoms with Crippen LogP contribution in [0.4, 0.5) is 0 Å². The van der Waals surface area contributed by atoms with Crippen LogP contribution in [0.5, 0.6) is 5.75 Å². The fourth-order valence-electron chi connectivity index (χ4n) is 1.92. The van der Waals surface area contributed by atoms with Gasteiger partial charge in [0.2, 0.25) is 0 Å². The number of hydrogen-bond acceptors (Lipinski definition) is 5. The quantitative estimate of drug-likeness (QED) is 0.641. The van der Waals surface area contributed by atoms with E-state index in [0.29, 0.717) is 18.8 Å². The maximum Gasteiger partial charge on any atom is 0.326 e. The first-order valence-corrected chi connectivity index (χ1v) is 7.44. The molecule has 0 spiro atoms. The molecule has 0 aliphatic rings. The summed E-state index contributed by atoms with van der Waals surface area (Å²) in [4.78, 5) is 11.9. The van der Waals surface area contributed by atoms with Crippen molar-refractivity contribution >= 4 is 5.97 Å². The minimum Gasteiger partial charge on any atom is -0.491 e. The van der Waals surface area contributed by atoms with Gasteiger partial charge in [0.1, 0.15) is 18.4 Å². The molecule has 118 valence electrons. The summed E-state index contributed by atoms with van der Waals surface area (Å²) in [5.41, 5.74) is 0.929. The van der Waals surface area contributed by atoms with Crippen molar-refractivity contribution in [2.45, 2.75) is 32.7 Å². The van der Waals surface area contributed by atoms with Crippen LogP contribution in [0.3, 0.4) is 0 Å². The summed E-state index contributed by atoms with van der Waals surface area (Å²) in [6.07, 6.45) is 1.46. The van der Waals surface area contributed by atoms with Crippen LogP contribution in [-0.2, 0) is 16.0 Å². The predicted octanol–water partition coefficient (Wildman–Crippen LogP) is 1.53. The summed E-state index contributed by atoms with van der Waals surface area (Å²) < 4.78 is 10.8. The molecule has 21 heavy (non-hydrogen) atoms. The Bertz CT molecular complexity index is 422. The highest BCUT2D eigenvalue weighted by molar-refractivity contribution is 5.76. The van der Waals surface area contributed by atoms with Crippen LogP contribution < -0.4 is 10.1 Å². The molecule has 5 nitrogen and oxygen atoms in total. The molecule has 0 fully saturated rings. The number of para-hydroxylation sites is 1. The van der Waals surface area contributed by atoms with Crippen LogP contribution >= 0.6 is 0 Å². The fraction of sp³-hybridized carbons (Fsp3) is 0.562. The lowest BCUT2D eigenvalue weighted by Crippen LogP contribution is -2.43. The first kappa shape index (κ1) is 17.5. The zero-order valence-corrected chi connectivity index (χ0v) is 12.8. The molecule has 0 saturated heterocycles. The summed E-state index contributed by atoms with van der Waals surface area (Å²) in [7, 11) is 0. The van der Waals surface area contributed by atoms with Crippen LogP contribution in [-0.4, -0.2) is 43.5 Å². The lowest BCUT2D eigenvalue weighted by Gasteiger charge is -2.18. The number of rotatable bonds is 10. The van der Waals surface area contributed by atoms with Crippen molar-refractivity contribution in [2.75, 3.05) is 26.4 Å². The van der Waals surface area contributed by atoms with Gasteiger partial charge in [0.05, 0.1) is 6.61 Å². The average molecular weight is 295 g/mol. The van der Waals surface area contributed by atoms with Crippen LogP contribution in [0.15, 0.2) is 24.3 Å². The second-order valence-electron chi connectivity index (χ2n) is 4.65. The van der Waals surface area contributed by atoms with Gasteiger partial charge in [-0.3, -0.25) is 4.79 Å². The highest BCUT2D eigenvalue weighted by atomic mass is 16.5. The van der Waals surface area contributed by atoms with Gasteiger partial charge in [0, 0.05) is 6.61 Å². The zero-order valence-electron chi connectivity index (χ0n) is 12.8. The highest BCUT2D eigenvalue weighted by Crippen LogP contribution is 2.18. The Labute approximate surface area is 126 Å². The highest BCUT2D eigenvalue weighted by Gasteiger charge is 2.20. The number of esters is 1. The van der Waals surface area contributed by atoms with Gasteiger partial charge in [0.25, 0.3) is 0 Å². The maximum atomic E-state index is 11.9. The molecule has 0 heterocycles. The van der Waals surface area contributed by atoms with Gasteiger partial charge in [-0.05, 0) is 37.9 Å². The van der Waals surface area contributed by atoms with Crippen molar-refractivity contribution in [3.05, 3.63) is 29.8 Å². The minimum absolute atomic E-state index is 0.0652. The molecular weight excluding hydrogens is 270 g/mol. The van der Waals surface area contributed by atoms with E-state index in [-0.39, 0.29) is 19.2 Å². The molecule has 5 heteroatoms. The van der Waals surface area contributed by atoms with Gasteiger partial charge < -0.3 is 19.9 Å². The number of aliphatic hydroxyl groups excluding tert-OH is 1. The van der Waals surface area contributed by atoms with E-state index in [1.54, 1.807) is 6.92 Å². The third kappa shape index (κ3) is 6.14. The summed E-state index contributed by atoms with van der Waals surface area (Å²) in [5.74, 6) is 0.393. The van der Waals surface area contributed by atoms with E-state index in [2.05, 4.69) is 5.32 Å². The Morgan fingerprint density at radius 2 is 2.10 bits per heavy atom. The molecule has 0 amide bonds. The molecular formula is C16H25NO4. The molecule has 0 saturated carbocycles. The molecule has 0 aliphatic heterocycles. The number of ether oxygens (including phenoxy) is 2.